The van der Waals surface area contributed by atoms with Crippen molar-refractivity contribution in [3.8, 4) is 17.6 Å². The highest BCUT2D eigenvalue weighted by atomic mass is 16.5. The van der Waals surface area contributed by atoms with Crippen molar-refractivity contribution in [1.29, 1.82) is 5.26 Å². The van der Waals surface area contributed by atoms with Crippen molar-refractivity contribution in [2.24, 2.45) is 5.41 Å². The molecule has 0 fully saturated rings. The number of rotatable bonds is 6. The summed E-state index contributed by atoms with van der Waals surface area (Å²) in [6.45, 7) is 6.32. The summed E-state index contributed by atoms with van der Waals surface area (Å²) >= 11 is 0. The number of carbonyl (C=O) groups excluding carboxylic acids is 1. The maximum Gasteiger partial charge on any atom is 0.306 e. The first-order valence-corrected chi connectivity index (χ1v) is 10.5. The molecule has 0 spiro atoms. The van der Waals surface area contributed by atoms with Crippen molar-refractivity contribution in [2.45, 2.75) is 39.4 Å². The Balaban J connectivity index is 2.27. The lowest BCUT2D eigenvalue weighted by Crippen LogP contribution is -2.44. The standard InChI is InChI=1S/C25H28N2O6/c1-25(2,3)14-27-19-9-6-15(13-26)10-18(19)23(33-21(24(27)30)12-22(28)29)17-8-7-16(31-4)11-20(17)32-5/h6-11,21,23H,12,14H2,1-5H3,(H,28,29)/t21-,23-/m1/s1. The molecule has 2 aromatic rings. The number of amides is 1. The molecule has 0 aromatic heterocycles. The maximum atomic E-state index is 13.5. The Bertz CT molecular complexity index is 1100. The maximum absolute atomic E-state index is 13.5. The van der Waals surface area contributed by atoms with Crippen LogP contribution in [0.4, 0.5) is 5.69 Å². The van der Waals surface area contributed by atoms with Crippen molar-refractivity contribution in [3.63, 3.8) is 0 Å². The summed E-state index contributed by atoms with van der Waals surface area (Å²) < 4.78 is 17.1. The average molecular weight is 453 g/mol. The second kappa shape index (κ2) is 9.51. The number of methoxy groups -OCH3 is 2. The number of hydrogen-bond acceptors (Lipinski definition) is 6. The van der Waals surface area contributed by atoms with Gasteiger partial charge in [0, 0.05) is 29.4 Å². The van der Waals surface area contributed by atoms with E-state index in [1.54, 1.807) is 41.3 Å². The van der Waals surface area contributed by atoms with Gasteiger partial charge in [-0.15, -0.1) is 0 Å². The lowest BCUT2D eigenvalue weighted by molar-refractivity contribution is -0.147. The summed E-state index contributed by atoms with van der Waals surface area (Å²) in [4.78, 5) is 26.7. The zero-order valence-corrected chi connectivity index (χ0v) is 19.4. The summed E-state index contributed by atoms with van der Waals surface area (Å²) in [5.74, 6) is -0.553. The molecule has 0 saturated heterocycles. The quantitative estimate of drug-likeness (QED) is 0.707. The van der Waals surface area contributed by atoms with Crippen LogP contribution < -0.4 is 14.4 Å². The second-order valence-electron chi connectivity index (χ2n) is 9.08. The number of fused-ring (bicyclic) bond motifs is 1. The molecule has 0 radical (unpaired) electrons. The number of carbonyl (C=O) groups is 2. The van der Waals surface area contributed by atoms with Crippen molar-refractivity contribution in [1.82, 2.24) is 0 Å². The predicted octanol–water partition coefficient (Wildman–Crippen LogP) is 3.92. The van der Waals surface area contributed by atoms with Gasteiger partial charge in [0.05, 0.1) is 32.3 Å². The SMILES string of the molecule is COc1ccc([C@H]2O[C@H](CC(=O)O)C(=O)N(CC(C)(C)C)c3ccc(C#N)cc32)c(OC)c1. The Hall–Kier alpha value is -3.57. The Morgan fingerprint density at radius 3 is 2.45 bits per heavy atom. The van der Waals surface area contributed by atoms with Gasteiger partial charge in [-0.3, -0.25) is 9.59 Å². The van der Waals surface area contributed by atoms with E-state index in [9.17, 15) is 20.0 Å². The van der Waals surface area contributed by atoms with E-state index in [0.717, 1.165) is 0 Å². The van der Waals surface area contributed by atoms with Gasteiger partial charge in [-0.2, -0.15) is 5.26 Å². The van der Waals surface area contributed by atoms with Crippen molar-refractivity contribution in [3.05, 3.63) is 53.1 Å². The van der Waals surface area contributed by atoms with E-state index in [1.807, 2.05) is 20.8 Å². The van der Waals surface area contributed by atoms with Crippen LogP contribution in [0.2, 0.25) is 0 Å². The molecule has 1 heterocycles. The zero-order chi connectivity index (χ0) is 24.3. The topological polar surface area (TPSA) is 109 Å². The van der Waals surface area contributed by atoms with Gasteiger partial charge in [0.2, 0.25) is 0 Å². The van der Waals surface area contributed by atoms with Gasteiger partial charge >= 0.3 is 5.97 Å². The molecule has 33 heavy (non-hydrogen) atoms. The number of ether oxygens (including phenoxy) is 3. The van der Waals surface area contributed by atoms with Gasteiger partial charge in [-0.05, 0) is 35.7 Å². The lowest BCUT2D eigenvalue weighted by Gasteiger charge is -2.31. The summed E-state index contributed by atoms with van der Waals surface area (Å²) in [6, 6.07) is 12.3. The number of carboxylic acids is 1. The van der Waals surface area contributed by atoms with E-state index in [2.05, 4.69) is 6.07 Å². The Morgan fingerprint density at radius 2 is 1.88 bits per heavy atom. The van der Waals surface area contributed by atoms with E-state index in [4.69, 9.17) is 14.2 Å². The molecule has 2 atom stereocenters. The van der Waals surface area contributed by atoms with Crippen LogP contribution in [0.25, 0.3) is 0 Å². The molecule has 0 saturated carbocycles. The van der Waals surface area contributed by atoms with Crippen LogP contribution in [0, 0.1) is 16.7 Å². The van der Waals surface area contributed by atoms with E-state index in [-0.39, 0.29) is 5.41 Å². The monoisotopic (exact) mass is 452 g/mol. The molecule has 1 amide bonds. The largest absolute Gasteiger partial charge is 0.497 e. The minimum atomic E-state index is -1.22. The zero-order valence-electron chi connectivity index (χ0n) is 19.4. The van der Waals surface area contributed by atoms with Gasteiger partial charge < -0.3 is 24.2 Å². The van der Waals surface area contributed by atoms with Crippen LogP contribution >= 0.6 is 0 Å². The van der Waals surface area contributed by atoms with Crippen LogP contribution in [0.15, 0.2) is 36.4 Å². The predicted molar refractivity (Wildman–Crippen MR) is 121 cm³/mol. The van der Waals surface area contributed by atoms with Crippen LogP contribution in [0.1, 0.15) is 50.0 Å². The molecule has 0 aliphatic carbocycles. The second-order valence-corrected chi connectivity index (χ2v) is 9.08. The highest BCUT2D eigenvalue weighted by Crippen LogP contribution is 2.43. The third-order valence-electron chi connectivity index (χ3n) is 5.29. The summed E-state index contributed by atoms with van der Waals surface area (Å²) in [5.41, 5.74) is 1.88. The van der Waals surface area contributed by atoms with Crippen molar-refractivity contribution in [2.75, 3.05) is 25.7 Å². The van der Waals surface area contributed by atoms with Crippen molar-refractivity contribution < 1.29 is 28.9 Å². The number of benzene rings is 2. The molecule has 1 N–H and O–H groups in total. The minimum absolute atomic E-state index is 0.272. The smallest absolute Gasteiger partial charge is 0.306 e. The highest BCUT2D eigenvalue weighted by molar-refractivity contribution is 6.00. The van der Waals surface area contributed by atoms with Crippen LogP contribution in [0.5, 0.6) is 11.5 Å². The highest BCUT2D eigenvalue weighted by Gasteiger charge is 2.39. The molecular weight excluding hydrogens is 424 g/mol. The number of nitriles is 1. The molecule has 8 heteroatoms. The fourth-order valence-electron chi connectivity index (χ4n) is 3.88. The number of hydrogen-bond donors (Lipinski definition) is 1. The molecule has 8 nitrogen and oxygen atoms in total. The fraction of sp³-hybridized carbons (Fsp3) is 0.400. The van der Waals surface area contributed by atoms with E-state index < -0.39 is 30.5 Å². The average Bonchev–Trinajstić information content (AvgIpc) is 2.87. The summed E-state index contributed by atoms with van der Waals surface area (Å²) in [5, 5.41) is 19.0. The Kier molecular flexibility index (Phi) is 6.94. The van der Waals surface area contributed by atoms with Gasteiger partial charge in [-0.25, -0.2) is 0 Å². The van der Waals surface area contributed by atoms with E-state index >= 15 is 0 Å². The fourth-order valence-corrected chi connectivity index (χ4v) is 3.88. The van der Waals surface area contributed by atoms with Gasteiger partial charge in [0.1, 0.15) is 23.7 Å². The first-order chi connectivity index (χ1) is 15.6. The van der Waals surface area contributed by atoms with Crippen LogP contribution in [-0.4, -0.2) is 43.9 Å². The molecule has 1 aliphatic heterocycles. The van der Waals surface area contributed by atoms with Crippen molar-refractivity contribution >= 4 is 17.6 Å². The third kappa shape index (κ3) is 5.26. The number of aliphatic carboxylic acids is 1. The number of nitrogens with zero attached hydrogens (tertiary/aromatic N) is 2. The third-order valence-corrected chi connectivity index (χ3v) is 5.29. The number of carboxylic acid groups (broad SMARTS) is 1. The van der Waals surface area contributed by atoms with Crippen LogP contribution in [-0.2, 0) is 14.3 Å². The normalized spacial score (nSPS) is 18.2. The molecule has 0 unspecified atom stereocenters. The lowest BCUT2D eigenvalue weighted by atomic mass is 9.93. The molecule has 1 aliphatic rings. The summed E-state index contributed by atoms with van der Waals surface area (Å²) in [6.07, 6.45) is -2.56. The molecule has 0 bridgehead atoms. The Labute approximate surface area is 193 Å². The summed E-state index contributed by atoms with van der Waals surface area (Å²) in [7, 11) is 3.05. The van der Waals surface area contributed by atoms with Gasteiger partial charge in [0.15, 0.2) is 0 Å². The van der Waals surface area contributed by atoms with Gasteiger partial charge in [-0.1, -0.05) is 20.8 Å². The van der Waals surface area contributed by atoms with Gasteiger partial charge in [0.25, 0.3) is 5.91 Å². The molecule has 2 aromatic carbocycles. The molecule has 174 valence electrons. The van der Waals surface area contributed by atoms with Crippen LogP contribution in [0.3, 0.4) is 0 Å². The molecule has 3 rings (SSSR count). The van der Waals surface area contributed by atoms with E-state index in [0.29, 0.717) is 40.4 Å². The number of anilines is 1. The Morgan fingerprint density at radius 1 is 1.15 bits per heavy atom. The first-order valence-electron chi connectivity index (χ1n) is 10.5. The molecular formula is C25H28N2O6. The van der Waals surface area contributed by atoms with E-state index in [1.165, 1.54) is 14.2 Å². The minimum Gasteiger partial charge on any atom is -0.497 e. The first kappa shape index (κ1) is 24.1.